The molecule has 0 saturated carbocycles. The first-order valence-electron chi connectivity index (χ1n) is 5.66. The summed E-state index contributed by atoms with van der Waals surface area (Å²) in [5.41, 5.74) is 1.58. The van der Waals surface area contributed by atoms with Gasteiger partial charge in [0.15, 0.2) is 11.4 Å². The fourth-order valence-corrected chi connectivity index (χ4v) is 1.57. The van der Waals surface area contributed by atoms with Crippen molar-refractivity contribution in [2.75, 3.05) is 14.2 Å². The SMILES string of the molecule is C=C(C)CCc1cc(=O)c(OC)c(C(=O)NC)[nH]1. The van der Waals surface area contributed by atoms with Crippen molar-refractivity contribution in [2.24, 2.45) is 0 Å². The minimum atomic E-state index is -0.374. The molecule has 0 aliphatic rings. The minimum Gasteiger partial charge on any atom is -0.491 e. The number of amides is 1. The van der Waals surface area contributed by atoms with Crippen molar-refractivity contribution in [1.82, 2.24) is 10.3 Å². The van der Waals surface area contributed by atoms with Crippen LogP contribution in [0.15, 0.2) is 23.0 Å². The number of aromatic amines is 1. The van der Waals surface area contributed by atoms with Crippen molar-refractivity contribution in [3.05, 3.63) is 39.8 Å². The van der Waals surface area contributed by atoms with Crippen molar-refractivity contribution in [3.8, 4) is 5.75 Å². The average molecular weight is 250 g/mol. The number of aromatic nitrogens is 1. The summed E-state index contributed by atoms with van der Waals surface area (Å²) in [5.74, 6) is -0.338. The molecule has 2 N–H and O–H groups in total. The van der Waals surface area contributed by atoms with E-state index in [9.17, 15) is 9.59 Å². The van der Waals surface area contributed by atoms with Crippen LogP contribution in [0.5, 0.6) is 5.75 Å². The van der Waals surface area contributed by atoms with Gasteiger partial charge in [-0.15, -0.1) is 6.58 Å². The van der Waals surface area contributed by atoms with Gasteiger partial charge >= 0.3 is 0 Å². The molecule has 0 aliphatic heterocycles. The fourth-order valence-electron chi connectivity index (χ4n) is 1.57. The standard InChI is InChI=1S/C13H18N2O3/c1-8(2)5-6-9-7-10(16)12(18-4)11(15-9)13(17)14-3/h7H,1,5-6H2,2-4H3,(H,14,17)(H,15,16). The number of rotatable bonds is 5. The molecular formula is C13H18N2O3. The van der Waals surface area contributed by atoms with Crippen molar-refractivity contribution >= 4 is 5.91 Å². The maximum Gasteiger partial charge on any atom is 0.271 e. The number of carbonyl (C=O) groups excluding carboxylic acids is 1. The molecular weight excluding hydrogens is 232 g/mol. The van der Waals surface area contributed by atoms with Gasteiger partial charge in [0.1, 0.15) is 0 Å². The fraction of sp³-hybridized carbons (Fsp3) is 0.385. The van der Waals surface area contributed by atoms with Crippen molar-refractivity contribution in [2.45, 2.75) is 19.8 Å². The van der Waals surface area contributed by atoms with Crippen LogP contribution in [0.1, 0.15) is 29.5 Å². The number of carbonyl (C=O) groups is 1. The smallest absolute Gasteiger partial charge is 0.271 e. The molecule has 0 aromatic carbocycles. The third kappa shape index (κ3) is 3.23. The number of aryl methyl sites for hydroxylation is 1. The zero-order valence-electron chi connectivity index (χ0n) is 10.9. The number of pyridine rings is 1. The largest absolute Gasteiger partial charge is 0.491 e. The second kappa shape index (κ2) is 6.05. The average Bonchev–Trinajstić information content (AvgIpc) is 2.34. The number of hydrogen-bond acceptors (Lipinski definition) is 3. The van der Waals surface area contributed by atoms with Crippen LogP contribution >= 0.6 is 0 Å². The first-order chi connectivity index (χ1) is 8.49. The van der Waals surface area contributed by atoms with Crippen LogP contribution in [0.2, 0.25) is 0 Å². The third-order valence-electron chi connectivity index (χ3n) is 2.52. The Hall–Kier alpha value is -2.04. The van der Waals surface area contributed by atoms with Crippen LogP contribution in [0.3, 0.4) is 0 Å². The Kier molecular flexibility index (Phi) is 4.71. The highest BCUT2D eigenvalue weighted by Gasteiger charge is 2.16. The van der Waals surface area contributed by atoms with Crippen molar-refractivity contribution < 1.29 is 9.53 Å². The lowest BCUT2D eigenvalue weighted by molar-refractivity contribution is 0.0954. The number of hydrogen-bond donors (Lipinski definition) is 2. The molecule has 0 radical (unpaired) electrons. The molecule has 1 aromatic rings. The Morgan fingerprint density at radius 3 is 2.72 bits per heavy atom. The van der Waals surface area contributed by atoms with Gasteiger partial charge in [-0.3, -0.25) is 9.59 Å². The normalized spacial score (nSPS) is 9.94. The predicted molar refractivity (Wildman–Crippen MR) is 70.1 cm³/mol. The molecule has 1 rings (SSSR count). The molecule has 5 heteroatoms. The Labute approximate surface area is 106 Å². The van der Waals surface area contributed by atoms with Crippen LogP contribution in [0.4, 0.5) is 0 Å². The highest BCUT2D eigenvalue weighted by Crippen LogP contribution is 2.12. The summed E-state index contributed by atoms with van der Waals surface area (Å²) >= 11 is 0. The van der Waals surface area contributed by atoms with E-state index >= 15 is 0 Å². The van der Waals surface area contributed by atoms with E-state index in [-0.39, 0.29) is 22.8 Å². The second-order valence-corrected chi connectivity index (χ2v) is 4.10. The van der Waals surface area contributed by atoms with Crippen LogP contribution in [-0.2, 0) is 6.42 Å². The first-order valence-corrected chi connectivity index (χ1v) is 5.66. The Morgan fingerprint density at radius 1 is 1.56 bits per heavy atom. The van der Waals surface area contributed by atoms with Crippen LogP contribution in [0.25, 0.3) is 0 Å². The van der Waals surface area contributed by atoms with E-state index in [0.717, 1.165) is 12.0 Å². The van der Waals surface area contributed by atoms with E-state index < -0.39 is 0 Å². The van der Waals surface area contributed by atoms with Gasteiger partial charge in [0.25, 0.3) is 5.91 Å². The van der Waals surface area contributed by atoms with Gasteiger partial charge in [-0.25, -0.2) is 0 Å². The number of ether oxygens (including phenoxy) is 1. The molecule has 98 valence electrons. The molecule has 1 heterocycles. The molecule has 0 saturated heterocycles. The zero-order valence-corrected chi connectivity index (χ0v) is 10.9. The van der Waals surface area contributed by atoms with Gasteiger partial charge in [-0.2, -0.15) is 0 Å². The molecule has 0 atom stereocenters. The summed E-state index contributed by atoms with van der Waals surface area (Å²) in [7, 11) is 2.87. The molecule has 5 nitrogen and oxygen atoms in total. The first kappa shape index (κ1) is 14.0. The summed E-state index contributed by atoms with van der Waals surface area (Å²) in [6.45, 7) is 5.72. The molecule has 0 aliphatic carbocycles. The van der Waals surface area contributed by atoms with Crippen molar-refractivity contribution in [1.29, 1.82) is 0 Å². The van der Waals surface area contributed by atoms with E-state index in [0.29, 0.717) is 12.1 Å². The third-order valence-corrected chi connectivity index (χ3v) is 2.52. The highest BCUT2D eigenvalue weighted by atomic mass is 16.5. The second-order valence-electron chi connectivity index (χ2n) is 4.10. The zero-order chi connectivity index (χ0) is 13.7. The Morgan fingerprint density at radius 2 is 2.22 bits per heavy atom. The number of allylic oxidation sites excluding steroid dienone is 1. The molecule has 18 heavy (non-hydrogen) atoms. The van der Waals surface area contributed by atoms with E-state index in [4.69, 9.17) is 4.74 Å². The summed E-state index contributed by atoms with van der Waals surface area (Å²) in [6.07, 6.45) is 1.40. The molecule has 0 unspecified atom stereocenters. The number of nitrogens with one attached hydrogen (secondary N) is 2. The van der Waals surface area contributed by atoms with Gasteiger partial charge in [0.2, 0.25) is 5.43 Å². The molecule has 0 spiro atoms. The summed E-state index contributed by atoms with van der Waals surface area (Å²) in [4.78, 5) is 26.4. The summed E-state index contributed by atoms with van der Waals surface area (Å²) in [5, 5.41) is 2.47. The van der Waals surface area contributed by atoms with Gasteiger partial charge in [-0.05, 0) is 19.8 Å². The monoisotopic (exact) mass is 250 g/mol. The van der Waals surface area contributed by atoms with Gasteiger partial charge < -0.3 is 15.0 Å². The topological polar surface area (TPSA) is 71.2 Å². The number of H-pyrrole nitrogens is 1. The molecule has 0 fully saturated rings. The van der Waals surface area contributed by atoms with E-state index in [1.54, 1.807) is 0 Å². The van der Waals surface area contributed by atoms with E-state index in [1.165, 1.54) is 20.2 Å². The van der Waals surface area contributed by atoms with Crippen LogP contribution < -0.4 is 15.5 Å². The Bertz CT molecular complexity index is 517. The molecule has 0 bridgehead atoms. The lowest BCUT2D eigenvalue weighted by Gasteiger charge is -2.09. The van der Waals surface area contributed by atoms with Gasteiger partial charge in [0.05, 0.1) is 7.11 Å². The summed E-state index contributed by atoms with van der Waals surface area (Å²) in [6, 6.07) is 1.45. The van der Waals surface area contributed by atoms with Crippen LogP contribution in [-0.4, -0.2) is 25.0 Å². The Balaban J connectivity index is 3.17. The maximum absolute atomic E-state index is 11.8. The summed E-state index contributed by atoms with van der Waals surface area (Å²) < 4.78 is 4.96. The lowest BCUT2D eigenvalue weighted by atomic mass is 10.1. The predicted octanol–water partition coefficient (Wildman–Crippen LogP) is 1.25. The molecule has 1 aromatic heterocycles. The quantitative estimate of drug-likeness (QED) is 0.773. The number of methoxy groups -OCH3 is 1. The maximum atomic E-state index is 11.8. The van der Waals surface area contributed by atoms with Gasteiger partial charge in [-0.1, -0.05) is 5.57 Å². The van der Waals surface area contributed by atoms with Crippen molar-refractivity contribution in [3.63, 3.8) is 0 Å². The minimum absolute atomic E-state index is 0.0356. The van der Waals surface area contributed by atoms with E-state index in [1.807, 2.05) is 6.92 Å². The van der Waals surface area contributed by atoms with E-state index in [2.05, 4.69) is 16.9 Å². The lowest BCUT2D eigenvalue weighted by Crippen LogP contribution is -2.24. The van der Waals surface area contributed by atoms with Gasteiger partial charge in [0, 0.05) is 18.8 Å². The highest BCUT2D eigenvalue weighted by molar-refractivity contribution is 5.94. The molecule has 1 amide bonds. The van der Waals surface area contributed by atoms with Crippen LogP contribution in [0, 0.1) is 0 Å².